The van der Waals surface area contributed by atoms with Crippen LogP contribution in [0.1, 0.15) is 32.3 Å². The van der Waals surface area contributed by atoms with Crippen LogP contribution in [0.15, 0.2) is 69.8 Å². The van der Waals surface area contributed by atoms with Gasteiger partial charge >= 0.3 is 6.18 Å². The van der Waals surface area contributed by atoms with Crippen LogP contribution in [0.5, 0.6) is 0 Å². The summed E-state index contributed by atoms with van der Waals surface area (Å²) in [6.45, 7) is 1.65. The lowest BCUT2D eigenvalue weighted by Gasteiger charge is -2.16. The van der Waals surface area contributed by atoms with E-state index in [0.29, 0.717) is 11.4 Å². The molecule has 0 unspecified atom stereocenters. The van der Waals surface area contributed by atoms with Crippen molar-refractivity contribution in [2.75, 3.05) is 10.6 Å². The van der Waals surface area contributed by atoms with Crippen molar-refractivity contribution in [1.29, 1.82) is 0 Å². The molecule has 0 aliphatic heterocycles. The second-order valence-electron chi connectivity index (χ2n) is 6.87. The number of aryl methyl sites for hydroxylation is 1. The number of hydrogen-bond donors (Lipinski definition) is 2. The summed E-state index contributed by atoms with van der Waals surface area (Å²) in [6, 6.07) is 11.8. The second kappa shape index (κ2) is 8.61. The summed E-state index contributed by atoms with van der Waals surface area (Å²) in [5, 5.41) is 8.27. The molecule has 0 radical (unpaired) electrons. The van der Waals surface area contributed by atoms with Gasteiger partial charge in [0, 0.05) is 16.8 Å². The maximum absolute atomic E-state index is 13.6. The Bertz CT molecular complexity index is 1300. The Labute approximate surface area is 184 Å². The lowest BCUT2D eigenvalue weighted by Crippen LogP contribution is -2.18. The third-order valence-corrected chi connectivity index (χ3v) is 4.50. The average molecular weight is 456 g/mol. The van der Waals surface area contributed by atoms with Crippen LogP contribution < -0.4 is 10.6 Å². The molecule has 2 aromatic heterocycles. The van der Waals surface area contributed by atoms with Gasteiger partial charge in [-0.25, -0.2) is 0 Å². The molecule has 0 spiro atoms. The molecule has 33 heavy (non-hydrogen) atoms. The van der Waals surface area contributed by atoms with Crippen molar-refractivity contribution in [3.8, 4) is 11.5 Å². The molecule has 0 saturated carbocycles. The number of alkyl halides is 3. The van der Waals surface area contributed by atoms with Gasteiger partial charge in [-0.3, -0.25) is 9.59 Å². The van der Waals surface area contributed by atoms with Gasteiger partial charge in [0.2, 0.25) is 0 Å². The van der Waals surface area contributed by atoms with Crippen LogP contribution in [-0.2, 0) is 6.18 Å². The molecule has 2 N–H and O–H groups in total. The molecule has 2 heterocycles. The van der Waals surface area contributed by atoms with Crippen LogP contribution in [0.25, 0.3) is 11.5 Å². The molecular formula is C22H15F3N4O4. The predicted octanol–water partition coefficient (Wildman–Crippen LogP) is 5.16. The number of furan rings is 1. The van der Waals surface area contributed by atoms with E-state index in [1.165, 1.54) is 36.6 Å². The standard InChI is InChI=1S/C22H15F3N4O4/c1-12-26-21(33-29-12)14-6-4-13(5-7-14)19(30)28-17-9-8-15(11-16(17)22(23,24)25)27-20(31)18-3-2-10-32-18/h2-11H,1H3,(H,27,31)(H,28,30). The molecule has 0 fully saturated rings. The van der Waals surface area contributed by atoms with E-state index in [0.717, 1.165) is 12.1 Å². The van der Waals surface area contributed by atoms with Crippen LogP contribution in [0.4, 0.5) is 24.5 Å². The third kappa shape index (κ3) is 4.92. The molecule has 0 bridgehead atoms. The van der Waals surface area contributed by atoms with Crippen molar-refractivity contribution < 1.29 is 31.7 Å². The Kier molecular flexibility index (Phi) is 5.69. The highest BCUT2D eigenvalue weighted by molar-refractivity contribution is 6.05. The fourth-order valence-corrected chi connectivity index (χ4v) is 2.94. The minimum atomic E-state index is -4.78. The van der Waals surface area contributed by atoms with Crippen molar-refractivity contribution in [2.45, 2.75) is 13.1 Å². The first kappa shape index (κ1) is 21.8. The van der Waals surface area contributed by atoms with Gasteiger partial charge in [0.1, 0.15) is 0 Å². The Morgan fingerprint density at radius 2 is 1.73 bits per heavy atom. The number of aromatic nitrogens is 2. The summed E-state index contributed by atoms with van der Waals surface area (Å²) in [4.78, 5) is 28.7. The Balaban J connectivity index is 1.54. The molecule has 4 rings (SSSR count). The van der Waals surface area contributed by atoms with Crippen LogP contribution >= 0.6 is 0 Å². The summed E-state index contributed by atoms with van der Waals surface area (Å²) in [5.74, 6) is -0.816. The number of rotatable bonds is 5. The van der Waals surface area contributed by atoms with Gasteiger partial charge in [-0.15, -0.1) is 0 Å². The van der Waals surface area contributed by atoms with E-state index in [2.05, 4.69) is 20.8 Å². The number of halogens is 3. The molecule has 0 aliphatic carbocycles. The van der Waals surface area contributed by atoms with Gasteiger partial charge in [-0.1, -0.05) is 5.16 Å². The number of anilines is 2. The van der Waals surface area contributed by atoms with Gasteiger partial charge in [0.25, 0.3) is 17.7 Å². The minimum Gasteiger partial charge on any atom is -0.459 e. The maximum Gasteiger partial charge on any atom is 0.418 e. The number of nitrogens with zero attached hydrogens (tertiary/aromatic N) is 2. The summed E-state index contributed by atoms with van der Waals surface area (Å²) >= 11 is 0. The number of hydrogen-bond acceptors (Lipinski definition) is 6. The van der Waals surface area contributed by atoms with Crippen molar-refractivity contribution >= 4 is 23.2 Å². The first-order valence-electron chi connectivity index (χ1n) is 9.49. The number of carbonyl (C=O) groups is 2. The van der Waals surface area contributed by atoms with E-state index in [4.69, 9.17) is 8.94 Å². The highest BCUT2D eigenvalue weighted by Crippen LogP contribution is 2.37. The Morgan fingerprint density at radius 1 is 0.970 bits per heavy atom. The van der Waals surface area contributed by atoms with Gasteiger partial charge in [-0.2, -0.15) is 18.2 Å². The lowest BCUT2D eigenvalue weighted by atomic mass is 10.1. The van der Waals surface area contributed by atoms with Gasteiger partial charge in [0.05, 0.1) is 17.5 Å². The second-order valence-corrected chi connectivity index (χ2v) is 6.87. The summed E-state index contributed by atoms with van der Waals surface area (Å²) in [7, 11) is 0. The monoisotopic (exact) mass is 456 g/mol. The van der Waals surface area contributed by atoms with Crippen molar-refractivity contribution in [3.05, 3.63) is 83.6 Å². The summed E-state index contributed by atoms with van der Waals surface area (Å²) in [5.41, 5.74) is -1.01. The molecule has 2 amide bonds. The van der Waals surface area contributed by atoms with Crippen LogP contribution in [0.2, 0.25) is 0 Å². The fourth-order valence-electron chi connectivity index (χ4n) is 2.94. The first-order valence-corrected chi connectivity index (χ1v) is 9.49. The highest BCUT2D eigenvalue weighted by atomic mass is 19.4. The van der Waals surface area contributed by atoms with Gasteiger partial charge < -0.3 is 19.6 Å². The van der Waals surface area contributed by atoms with Crippen molar-refractivity contribution in [2.24, 2.45) is 0 Å². The Morgan fingerprint density at radius 3 is 2.33 bits per heavy atom. The molecule has 0 aliphatic rings. The van der Waals surface area contributed by atoms with E-state index in [1.807, 2.05) is 0 Å². The van der Waals surface area contributed by atoms with Crippen molar-refractivity contribution in [1.82, 2.24) is 10.1 Å². The van der Waals surface area contributed by atoms with E-state index < -0.39 is 29.2 Å². The zero-order valence-corrected chi connectivity index (χ0v) is 16.9. The number of nitrogens with one attached hydrogen (secondary N) is 2. The SMILES string of the molecule is Cc1noc(-c2ccc(C(=O)Nc3ccc(NC(=O)c4ccco4)cc3C(F)(F)F)cc2)n1. The maximum atomic E-state index is 13.6. The van der Waals surface area contributed by atoms with Crippen LogP contribution in [-0.4, -0.2) is 22.0 Å². The van der Waals surface area contributed by atoms with Gasteiger partial charge in [0.15, 0.2) is 11.6 Å². The molecule has 0 saturated heterocycles. The van der Waals surface area contributed by atoms with Crippen LogP contribution in [0, 0.1) is 6.92 Å². The lowest BCUT2D eigenvalue weighted by molar-refractivity contribution is -0.136. The molecule has 8 nitrogen and oxygen atoms in total. The number of benzene rings is 2. The normalized spacial score (nSPS) is 11.3. The predicted molar refractivity (Wildman–Crippen MR) is 111 cm³/mol. The molecule has 11 heteroatoms. The molecule has 2 aromatic carbocycles. The van der Waals surface area contributed by atoms with E-state index in [-0.39, 0.29) is 22.9 Å². The fraction of sp³-hybridized carbons (Fsp3) is 0.0909. The zero-order valence-electron chi connectivity index (χ0n) is 16.9. The van der Waals surface area contributed by atoms with Crippen LogP contribution in [0.3, 0.4) is 0 Å². The highest BCUT2D eigenvalue weighted by Gasteiger charge is 2.34. The largest absolute Gasteiger partial charge is 0.459 e. The number of amides is 2. The minimum absolute atomic E-state index is 0.0555. The quantitative estimate of drug-likeness (QED) is 0.429. The van der Waals surface area contributed by atoms with Gasteiger partial charge in [-0.05, 0) is 61.5 Å². The average Bonchev–Trinajstić information content (AvgIpc) is 3.46. The van der Waals surface area contributed by atoms with E-state index in [9.17, 15) is 22.8 Å². The summed E-state index contributed by atoms with van der Waals surface area (Å²) < 4.78 is 50.8. The van der Waals surface area contributed by atoms with Crippen molar-refractivity contribution in [3.63, 3.8) is 0 Å². The van der Waals surface area contributed by atoms with E-state index in [1.54, 1.807) is 19.1 Å². The summed E-state index contributed by atoms with van der Waals surface area (Å²) in [6.07, 6.45) is -3.52. The topological polar surface area (TPSA) is 110 Å². The molecule has 0 atom stereocenters. The smallest absolute Gasteiger partial charge is 0.418 e. The molecule has 4 aromatic rings. The number of carbonyl (C=O) groups excluding carboxylic acids is 2. The third-order valence-electron chi connectivity index (χ3n) is 4.50. The zero-order chi connectivity index (χ0) is 23.6. The Hall–Kier alpha value is -4.41. The molecule has 168 valence electrons. The molecular weight excluding hydrogens is 441 g/mol. The van der Waals surface area contributed by atoms with E-state index >= 15 is 0 Å². The first-order chi connectivity index (χ1) is 15.7.